The van der Waals surface area contributed by atoms with Crippen LogP contribution in [0.15, 0.2) is 18.5 Å². The average molecular weight is 470 g/mol. The van der Waals surface area contributed by atoms with Gasteiger partial charge in [0.05, 0.1) is 51.0 Å². The zero-order valence-corrected chi connectivity index (χ0v) is 19.6. The van der Waals surface area contributed by atoms with Crippen LogP contribution in [0.2, 0.25) is 0 Å². The molecule has 0 bridgehead atoms. The maximum absolute atomic E-state index is 13.4. The molecule has 2 N–H and O–H groups in total. The van der Waals surface area contributed by atoms with Crippen LogP contribution in [0.4, 0.5) is 10.1 Å². The van der Waals surface area contributed by atoms with Crippen molar-refractivity contribution in [3.05, 3.63) is 62.4 Å². The molecule has 172 valence electrons. The number of ketones is 1. The van der Waals surface area contributed by atoms with E-state index in [4.69, 9.17) is 0 Å². The van der Waals surface area contributed by atoms with Crippen LogP contribution in [-0.4, -0.2) is 32.1 Å². The third-order valence-corrected chi connectivity index (χ3v) is 7.03. The number of halogens is 1. The minimum atomic E-state index is -0.719. The van der Waals surface area contributed by atoms with Gasteiger partial charge in [-0.2, -0.15) is 0 Å². The lowest BCUT2D eigenvalue weighted by atomic mass is 9.97. The molecule has 0 radical (unpaired) electrons. The number of anilines is 1. The average Bonchev–Trinajstić information content (AvgIpc) is 3.24. The molecule has 0 fully saturated rings. The van der Waals surface area contributed by atoms with Gasteiger partial charge in [-0.1, -0.05) is 0 Å². The van der Waals surface area contributed by atoms with Gasteiger partial charge in [0.25, 0.3) is 17.6 Å². The third kappa shape index (κ3) is 4.30. The first-order chi connectivity index (χ1) is 15.7. The zero-order valence-electron chi connectivity index (χ0n) is 18.8. The molecule has 0 aromatic carbocycles. The molecule has 1 aliphatic rings. The second kappa shape index (κ2) is 8.86. The Balaban J connectivity index is 1.57. The molecule has 4 rings (SSSR count). The van der Waals surface area contributed by atoms with Crippen LogP contribution in [-0.2, 0) is 18.3 Å². The Kier molecular flexibility index (Phi) is 6.11. The number of thiazole rings is 1. The van der Waals surface area contributed by atoms with Crippen LogP contribution >= 0.6 is 11.3 Å². The van der Waals surface area contributed by atoms with Crippen LogP contribution in [0.5, 0.6) is 0 Å². The topological polar surface area (TPSA) is 106 Å². The van der Waals surface area contributed by atoms with E-state index in [0.717, 1.165) is 47.1 Å². The van der Waals surface area contributed by atoms with Crippen LogP contribution in [0.25, 0.3) is 0 Å². The summed E-state index contributed by atoms with van der Waals surface area (Å²) in [6.07, 6.45) is 4.86. The van der Waals surface area contributed by atoms with Gasteiger partial charge in [-0.15, -0.1) is 11.3 Å². The van der Waals surface area contributed by atoms with Crippen molar-refractivity contribution in [1.82, 2.24) is 19.9 Å². The van der Waals surface area contributed by atoms with Crippen molar-refractivity contribution in [3.8, 4) is 0 Å². The summed E-state index contributed by atoms with van der Waals surface area (Å²) in [5.41, 5.74) is 2.48. The van der Waals surface area contributed by atoms with Crippen molar-refractivity contribution in [2.75, 3.05) is 5.32 Å². The molecule has 33 heavy (non-hydrogen) atoms. The number of rotatable bonds is 5. The van der Waals surface area contributed by atoms with E-state index in [-0.39, 0.29) is 23.0 Å². The van der Waals surface area contributed by atoms with Gasteiger partial charge >= 0.3 is 0 Å². The van der Waals surface area contributed by atoms with E-state index in [1.165, 1.54) is 17.5 Å². The number of hydrogen-bond donors (Lipinski definition) is 2. The smallest absolute Gasteiger partial charge is 0.294 e. The molecule has 0 aliphatic heterocycles. The monoisotopic (exact) mass is 469 g/mol. The maximum Gasteiger partial charge on any atom is 0.294 e. The summed E-state index contributed by atoms with van der Waals surface area (Å²) in [6.45, 7) is 5.24. The first kappa shape index (κ1) is 22.8. The Bertz CT molecular complexity index is 1280. The molecule has 10 heteroatoms. The van der Waals surface area contributed by atoms with Gasteiger partial charge in [-0.3, -0.25) is 19.4 Å². The standard InChI is InChI=1S/C23H24FN5O3S/c1-11-18(22(31)27-15-8-14(24)9-25-10-15)12(2)29(4)19(11)20(30)23(32)28-17-7-5-6-16-21(17)33-13(3)26-16/h8-10,17H,5-7H2,1-4H3,(H,27,31)(H,28,32). The lowest BCUT2D eigenvalue weighted by Crippen LogP contribution is -2.36. The van der Waals surface area contributed by atoms with Crippen molar-refractivity contribution in [2.24, 2.45) is 7.05 Å². The minimum absolute atomic E-state index is 0.143. The molecule has 2 amide bonds. The molecular weight excluding hydrogens is 445 g/mol. The van der Waals surface area contributed by atoms with Crippen molar-refractivity contribution >= 4 is 34.6 Å². The van der Waals surface area contributed by atoms with Gasteiger partial charge in [-0.05, 0) is 45.6 Å². The Hall–Kier alpha value is -3.40. The highest BCUT2D eigenvalue weighted by molar-refractivity contribution is 7.11. The number of aromatic nitrogens is 3. The first-order valence-corrected chi connectivity index (χ1v) is 11.4. The SMILES string of the molecule is Cc1nc2c(s1)C(NC(=O)C(=O)c1c(C)c(C(=O)Nc3cncc(F)c3)c(C)n1C)CCC2. The molecule has 0 saturated carbocycles. The molecule has 3 aromatic rings. The molecule has 3 heterocycles. The lowest BCUT2D eigenvalue weighted by Gasteiger charge is -2.22. The summed E-state index contributed by atoms with van der Waals surface area (Å²) in [6, 6.07) is 0.902. The molecule has 8 nitrogen and oxygen atoms in total. The summed E-state index contributed by atoms with van der Waals surface area (Å²) in [5.74, 6) is -2.52. The number of fused-ring (bicyclic) bond motifs is 1. The van der Waals surface area contributed by atoms with Crippen molar-refractivity contribution < 1.29 is 18.8 Å². The Labute approximate surface area is 194 Å². The summed E-state index contributed by atoms with van der Waals surface area (Å²) in [5, 5.41) is 6.40. The normalized spacial score (nSPS) is 15.1. The van der Waals surface area contributed by atoms with E-state index in [9.17, 15) is 18.8 Å². The minimum Gasteiger partial charge on any atom is -0.344 e. The predicted octanol–water partition coefficient (Wildman–Crippen LogP) is 3.57. The number of amides is 2. The number of Topliss-reactive ketones (excluding diaryl/α,β-unsaturated/α-hetero) is 1. The van der Waals surface area contributed by atoms with Crippen molar-refractivity contribution in [2.45, 2.75) is 46.1 Å². The number of hydrogen-bond acceptors (Lipinski definition) is 6. The highest BCUT2D eigenvalue weighted by Gasteiger charge is 2.32. The van der Waals surface area contributed by atoms with Gasteiger partial charge in [0.1, 0.15) is 5.82 Å². The van der Waals surface area contributed by atoms with Gasteiger partial charge in [0, 0.05) is 18.8 Å². The number of aryl methyl sites for hydroxylation is 2. The van der Waals surface area contributed by atoms with Crippen molar-refractivity contribution in [1.29, 1.82) is 0 Å². The molecule has 1 atom stereocenters. The van der Waals surface area contributed by atoms with E-state index in [0.29, 0.717) is 11.3 Å². The molecule has 0 spiro atoms. The number of pyridine rings is 1. The number of carbonyl (C=O) groups is 3. The van der Waals surface area contributed by atoms with E-state index in [1.807, 2.05) is 6.92 Å². The molecule has 3 aromatic heterocycles. The first-order valence-electron chi connectivity index (χ1n) is 10.6. The number of nitrogens with zero attached hydrogens (tertiary/aromatic N) is 3. The maximum atomic E-state index is 13.4. The predicted molar refractivity (Wildman–Crippen MR) is 122 cm³/mol. The van der Waals surface area contributed by atoms with E-state index >= 15 is 0 Å². The summed E-state index contributed by atoms with van der Waals surface area (Å²) in [7, 11) is 1.63. The molecule has 1 unspecified atom stereocenters. The second-order valence-corrected chi connectivity index (χ2v) is 9.36. The highest BCUT2D eigenvalue weighted by atomic mass is 32.1. The molecule has 0 saturated heterocycles. The molecular formula is C23H24FN5O3S. The zero-order chi connectivity index (χ0) is 23.9. The van der Waals surface area contributed by atoms with Gasteiger partial charge in [-0.25, -0.2) is 9.37 Å². The van der Waals surface area contributed by atoms with Crippen molar-refractivity contribution in [3.63, 3.8) is 0 Å². The van der Waals surface area contributed by atoms with Gasteiger partial charge < -0.3 is 15.2 Å². The largest absolute Gasteiger partial charge is 0.344 e. The van der Waals surface area contributed by atoms with Crippen LogP contribution in [0.3, 0.4) is 0 Å². The Morgan fingerprint density at radius 3 is 2.70 bits per heavy atom. The number of carbonyl (C=O) groups excluding carboxylic acids is 3. The fourth-order valence-corrected chi connectivity index (χ4v) is 5.38. The summed E-state index contributed by atoms with van der Waals surface area (Å²) in [4.78, 5) is 48.2. The summed E-state index contributed by atoms with van der Waals surface area (Å²) < 4.78 is 15.0. The Morgan fingerprint density at radius 1 is 1.21 bits per heavy atom. The second-order valence-electron chi connectivity index (χ2n) is 8.13. The Morgan fingerprint density at radius 2 is 1.97 bits per heavy atom. The molecule has 1 aliphatic carbocycles. The van der Waals surface area contributed by atoms with Gasteiger partial charge in [0.15, 0.2) is 0 Å². The fourth-order valence-electron chi connectivity index (χ4n) is 4.32. The van der Waals surface area contributed by atoms with Crippen LogP contribution in [0, 0.1) is 26.6 Å². The fraction of sp³-hybridized carbons (Fsp3) is 0.348. The van der Waals surface area contributed by atoms with E-state index in [2.05, 4.69) is 20.6 Å². The van der Waals surface area contributed by atoms with E-state index in [1.54, 1.807) is 25.5 Å². The quantitative estimate of drug-likeness (QED) is 0.439. The van der Waals surface area contributed by atoms with Crippen LogP contribution < -0.4 is 10.6 Å². The lowest BCUT2D eigenvalue weighted by molar-refractivity contribution is -0.117. The van der Waals surface area contributed by atoms with Crippen LogP contribution in [0.1, 0.15) is 66.6 Å². The summed E-state index contributed by atoms with van der Waals surface area (Å²) >= 11 is 1.54. The van der Waals surface area contributed by atoms with Gasteiger partial charge in [0.2, 0.25) is 0 Å². The third-order valence-electron chi connectivity index (χ3n) is 5.90. The van der Waals surface area contributed by atoms with E-state index < -0.39 is 23.4 Å². The number of nitrogens with one attached hydrogen (secondary N) is 2. The highest BCUT2D eigenvalue weighted by Crippen LogP contribution is 2.34.